The molecule has 5 heteroatoms. The van der Waals surface area contributed by atoms with Gasteiger partial charge in [0, 0.05) is 18.3 Å². The van der Waals surface area contributed by atoms with Crippen LogP contribution in [0.25, 0.3) is 11.5 Å². The molecule has 5 nitrogen and oxygen atoms in total. The predicted molar refractivity (Wildman–Crippen MR) is 86.1 cm³/mol. The number of aromatic nitrogens is 1. The van der Waals surface area contributed by atoms with Crippen LogP contribution in [0, 0.1) is 0 Å². The minimum Gasteiger partial charge on any atom is -0.497 e. The van der Waals surface area contributed by atoms with E-state index in [9.17, 15) is 4.79 Å². The summed E-state index contributed by atoms with van der Waals surface area (Å²) in [5.41, 5.74) is 2.28. The summed E-state index contributed by atoms with van der Waals surface area (Å²) in [6.45, 7) is 0.418. The van der Waals surface area contributed by atoms with Crippen LogP contribution in [0.4, 0.5) is 0 Å². The van der Waals surface area contributed by atoms with Crippen molar-refractivity contribution in [3.63, 3.8) is 0 Å². The molecule has 0 bridgehead atoms. The Hall–Kier alpha value is -3.08. The average Bonchev–Trinajstić information content (AvgIpc) is 3.15. The topological polar surface area (TPSA) is 64.4 Å². The number of methoxy groups -OCH3 is 1. The van der Waals surface area contributed by atoms with Crippen LogP contribution in [-0.2, 0) is 6.54 Å². The monoisotopic (exact) mass is 308 g/mol. The maximum atomic E-state index is 12.1. The minimum absolute atomic E-state index is 0.135. The standard InChI is InChI=1S/C18H16N2O3/c1-22-15-6-4-14(5-7-15)18(21)20-12-13-8-9-19-16(11-13)17-3-2-10-23-17/h2-11H,12H2,1H3,(H,20,21). The summed E-state index contributed by atoms with van der Waals surface area (Å²) in [4.78, 5) is 16.4. The highest BCUT2D eigenvalue weighted by Crippen LogP contribution is 2.18. The Balaban J connectivity index is 1.65. The van der Waals surface area contributed by atoms with Crippen molar-refractivity contribution in [2.45, 2.75) is 6.54 Å². The lowest BCUT2D eigenvalue weighted by molar-refractivity contribution is 0.0951. The van der Waals surface area contributed by atoms with Gasteiger partial charge in [-0.25, -0.2) is 0 Å². The van der Waals surface area contributed by atoms with Gasteiger partial charge in [0.1, 0.15) is 11.4 Å². The van der Waals surface area contributed by atoms with Crippen molar-refractivity contribution >= 4 is 5.91 Å². The van der Waals surface area contributed by atoms with Gasteiger partial charge in [-0.05, 0) is 54.1 Å². The van der Waals surface area contributed by atoms with Crippen molar-refractivity contribution in [1.82, 2.24) is 10.3 Å². The van der Waals surface area contributed by atoms with Gasteiger partial charge < -0.3 is 14.5 Å². The van der Waals surface area contributed by atoms with Gasteiger partial charge in [-0.15, -0.1) is 0 Å². The van der Waals surface area contributed by atoms with Crippen LogP contribution in [0.3, 0.4) is 0 Å². The van der Waals surface area contributed by atoms with E-state index in [1.165, 1.54) is 0 Å². The molecule has 0 saturated carbocycles. The van der Waals surface area contributed by atoms with Crippen LogP contribution in [0.15, 0.2) is 65.4 Å². The first-order valence-corrected chi connectivity index (χ1v) is 7.17. The first-order valence-electron chi connectivity index (χ1n) is 7.17. The molecule has 2 aromatic heterocycles. The Labute approximate surface area is 133 Å². The molecule has 0 unspecified atom stereocenters. The van der Waals surface area contributed by atoms with Crippen molar-refractivity contribution in [3.8, 4) is 17.2 Å². The number of amides is 1. The summed E-state index contributed by atoms with van der Waals surface area (Å²) in [5.74, 6) is 1.29. The van der Waals surface area contributed by atoms with E-state index in [0.717, 1.165) is 17.0 Å². The number of nitrogens with zero attached hydrogens (tertiary/aromatic N) is 1. The third-order valence-corrected chi connectivity index (χ3v) is 3.40. The number of hydrogen-bond acceptors (Lipinski definition) is 4. The lowest BCUT2D eigenvalue weighted by atomic mass is 10.1. The molecule has 1 aromatic carbocycles. The second kappa shape index (κ2) is 6.79. The molecule has 3 aromatic rings. The molecule has 0 aliphatic heterocycles. The van der Waals surface area contributed by atoms with Crippen molar-refractivity contribution in [2.24, 2.45) is 0 Å². The number of hydrogen-bond donors (Lipinski definition) is 1. The first kappa shape index (κ1) is 14.8. The van der Waals surface area contributed by atoms with E-state index >= 15 is 0 Å². The van der Waals surface area contributed by atoms with Crippen molar-refractivity contribution in [2.75, 3.05) is 7.11 Å². The zero-order chi connectivity index (χ0) is 16.1. The van der Waals surface area contributed by atoms with Crippen LogP contribution in [0.1, 0.15) is 15.9 Å². The number of furan rings is 1. The van der Waals surface area contributed by atoms with Crippen LogP contribution in [0.5, 0.6) is 5.75 Å². The SMILES string of the molecule is COc1ccc(C(=O)NCc2ccnc(-c3ccco3)c2)cc1. The number of carbonyl (C=O) groups is 1. The third-order valence-electron chi connectivity index (χ3n) is 3.40. The Bertz CT molecular complexity index is 780. The number of nitrogens with one attached hydrogen (secondary N) is 1. The molecule has 116 valence electrons. The highest BCUT2D eigenvalue weighted by Gasteiger charge is 2.07. The Morgan fingerprint density at radius 2 is 2.04 bits per heavy atom. The normalized spacial score (nSPS) is 10.3. The second-order valence-corrected chi connectivity index (χ2v) is 4.94. The number of rotatable bonds is 5. The van der Waals surface area contributed by atoms with E-state index in [1.807, 2.05) is 24.3 Å². The van der Waals surface area contributed by atoms with Crippen LogP contribution in [-0.4, -0.2) is 18.0 Å². The van der Waals surface area contributed by atoms with E-state index in [1.54, 1.807) is 43.8 Å². The molecule has 23 heavy (non-hydrogen) atoms. The van der Waals surface area contributed by atoms with E-state index in [4.69, 9.17) is 9.15 Å². The molecule has 3 rings (SSSR count). The lowest BCUT2D eigenvalue weighted by Crippen LogP contribution is -2.22. The Morgan fingerprint density at radius 3 is 2.74 bits per heavy atom. The van der Waals surface area contributed by atoms with Gasteiger partial charge in [0.05, 0.1) is 13.4 Å². The molecule has 1 N–H and O–H groups in total. The fourth-order valence-corrected chi connectivity index (χ4v) is 2.17. The summed E-state index contributed by atoms with van der Waals surface area (Å²) in [6.07, 6.45) is 3.31. The van der Waals surface area contributed by atoms with Crippen LogP contribution >= 0.6 is 0 Å². The van der Waals surface area contributed by atoms with E-state index in [2.05, 4.69) is 10.3 Å². The van der Waals surface area contributed by atoms with Crippen molar-refractivity contribution in [3.05, 3.63) is 72.1 Å². The van der Waals surface area contributed by atoms with Gasteiger partial charge in [-0.2, -0.15) is 0 Å². The summed E-state index contributed by atoms with van der Waals surface area (Å²) in [7, 11) is 1.59. The molecule has 2 heterocycles. The molecule has 0 radical (unpaired) electrons. The first-order chi connectivity index (χ1) is 11.3. The van der Waals surface area contributed by atoms with Gasteiger partial charge in [0.2, 0.25) is 0 Å². The van der Waals surface area contributed by atoms with Crippen LogP contribution in [0.2, 0.25) is 0 Å². The summed E-state index contributed by atoms with van der Waals surface area (Å²) < 4.78 is 10.4. The number of carbonyl (C=O) groups excluding carboxylic acids is 1. The van der Waals surface area contributed by atoms with E-state index in [-0.39, 0.29) is 5.91 Å². The smallest absolute Gasteiger partial charge is 0.251 e. The number of benzene rings is 1. The average molecular weight is 308 g/mol. The molecular formula is C18H16N2O3. The fourth-order valence-electron chi connectivity index (χ4n) is 2.17. The van der Waals surface area contributed by atoms with E-state index < -0.39 is 0 Å². The Morgan fingerprint density at radius 1 is 1.22 bits per heavy atom. The summed E-state index contributed by atoms with van der Waals surface area (Å²) in [6, 6.07) is 14.4. The molecule has 0 spiro atoms. The lowest BCUT2D eigenvalue weighted by Gasteiger charge is -2.07. The highest BCUT2D eigenvalue weighted by atomic mass is 16.5. The maximum Gasteiger partial charge on any atom is 0.251 e. The molecule has 0 atom stereocenters. The van der Waals surface area contributed by atoms with Gasteiger partial charge in [-0.3, -0.25) is 9.78 Å². The van der Waals surface area contributed by atoms with Gasteiger partial charge >= 0.3 is 0 Å². The predicted octanol–water partition coefficient (Wildman–Crippen LogP) is 3.28. The van der Waals surface area contributed by atoms with Crippen molar-refractivity contribution in [1.29, 1.82) is 0 Å². The molecular weight excluding hydrogens is 292 g/mol. The molecule has 0 fully saturated rings. The molecule has 1 amide bonds. The maximum absolute atomic E-state index is 12.1. The van der Waals surface area contributed by atoms with Gasteiger partial charge in [0.25, 0.3) is 5.91 Å². The minimum atomic E-state index is -0.135. The number of pyridine rings is 1. The third kappa shape index (κ3) is 3.58. The Kier molecular flexibility index (Phi) is 4.38. The molecule has 0 aliphatic carbocycles. The molecule has 0 aliphatic rings. The molecule has 0 saturated heterocycles. The van der Waals surface area contributed by atoms with Crippen LogP contribution < -0.4 is 10.1 Å². The quantitative estimate of drug-likeness (QED) is 0.785. The highest BCUT2D eigenvalue weighted by molar-refractivity contribution is 5.94. The van der Waals surface area contributed by atoms with E-state index in [0.29, 0.717) is 17.9 Å². The summed E-state index contributed by atoms with van der Waals surface area (Å²) >= 11 is 0. The van der Waals surface area contributed by atoms with Crippen molar-refractivity contribution < 1.29 is 13.9 Å². The largest absolute Gasteiger partial charge is 0.497 e. The van der Waals surface area contributed by atoms with Gasteiger partial charge in [-0.1, -0.05) is 0 Å². The fraction of sp³-hybridized carbons (Fsp3) is 0.111. The zero-order valence-corrected chi connectivity index (χ0v) is 12.7. The van der Waals surface area contributed by atoms with Gasteiger partial charge in [0.15, 0.2) is 5.76 Å². The summed E-state index contributed by atoms with van der Waals surface area (Å²) in [5, 5.41) is 2.89. The number of ether oxygens (including phenoxy) is 1. The zero-order valence-electron chi connectivity index (χ0n) is 12.7. The second-order valence-electron chi connectivity index (χ2n) is 4.94.